The SMILES string of the molecule is O=C(CN(CCO)Cc1cccnc1)N1CCCCCCC1. The van der Waals surface area contributed by atoms with Crippen LogP contribution in [-0.2, 0) is 11.3 Å². The van der Waals surface area contributed by atoms with Crippen LogP contribution in [0.5, 0.6) is 0 Å². The molecule has 1 aromatic rings. The molecule has 5 heteroatoms. The van der Waals surface area contributed by atoms with Crippen molar-refractivity contribution in [2.24, 2.45) is 0 Å². The van der Waals surface area contributed by atoms with Gasteiger partial charge in [0.25, 0.3) is 0 Å². The molecule has 2 heterocycles. The van der Waals surface area contributed by atoms with Crippen LogP contribution in [0.3, 0.4) is 0 Å². The second-order valence-corrected chi connectivity index (χ2v) is 5.94. The third-order valence-corrected chi connectivity index (χ3v) is 4.11. The van der Waals surface area contributed by atoms with Gasteiger partial charge in [-0.2, -0.15) is 0 Å². The fourth-order valence-corrected chi connectivity index (χ4v) is 2.89. The van der Waals surface area contributed by atoms with Crippen molar-refractivity contribution in [1.82, 2.24) is 14.8 Å². The van der Waals surface area contributed by atoms with Crippen LogP contribution >= 0.6 is 0 Å². The maximum atomic E-state index is 12.5. The lowest BCUT2D eigenvalue weighted by molar-refractivity contribution is -0.133. The van der Waals surface area contributed by atoms with Gasteiger partial charge in [0.15, 0.2) is 0 Å². The van der Waals surface area contributed by atoms with Crippen molar-refractivity contribution >= 4 is 5.91 Å². The van der Waals surface area contributed by atoms with Crippen molar-refractivity contribution < 1.29 is 9.90 Å². The predicted molar refractivity (Wildman–Crippen MR) is 86.3 cm³/mol. The number of amides is 1. The van der Waals surface area contributed by atoms with E-state index in [2.05, 4.69) is 4.98 Å². The van der Waals surface area contributed by atoms with Crippen LogP contribution in [0.2, 0.25) is 0 Å². The fraction of sp³-hybridized carbons (Fsp3) is 0.647. The Morgan fingerprint density at radius 2 is 1.95 bits per heavy atom. The van der Waals surface area contributed by atoms with Crippen molar-refractivity contribution in [2.75, 3.05) is 32.8 Å². The van der Waals surface area contributed by atoms with Gasteiger partial charge in [0.05, 0.1) is 13.2 Å². The Kier molecular flexibility index (Phi) is 7.33. The third-order valence-electron chi connectivity index (χ3n) is 4.11. The smallest absolute Gasteiger partial charge is 0.236 e. The Labute approximate surface area is 132 Å². The molecule has 0 radical (unpaired) electrons. The van der Waals surface area contributed by atoms with Crippen molar-refractivity contribution in [3.8, 4) is 0 Å². The van der Waals surface area contributed by atoms with Gasteiger partial charge in [-0.25, -0.2) is 0 Å². The minimum absolute atomic E-state index is 0.0630. The molecule has 0 unspecified atom stereocenters. The quantitative estimate of drug-likeness (QED) is 0.868. The van der Waals surface area contributed by atoms with E-state index in [4.69, 9.17) is 0 Å². The molecule has 0 saturated carbocycles. The Hall–Kier alpha value is -1.46. The number of pyridine rings is 1. The first-order chi connectivity index (χ1) is 10.8. The van der Waals surface area contributed by atoms with Gasteiger partial charge < -0.3 is 10.0 Å². The van der Waals surface area contributed by atoms with Crippen molar-refractivity contribution in [1.29, 1.82) is 0 Å². The van der Waals surface area contributed by atoms with Gasteiger partial charge >= 0.3 is 0 Å². The summed E-state index contributed by atoms with van der Waals surface area (Å²) in [5, 5.41) is 9.24. The van der Waals surface area contributed by atoms with E-state index in [-0.39, 0.29) is 12.5 Å². The van der Waals surface area contributed by atoms with Crippen molar-refractivity contribution in [2.45, 2.75) is 38.6 Å². The molecule has 1 fully saturated rings. The predicted octanol–water partition coefficient (Wildman–Crippen LogP) is 1.67. The molecule has 1 aliphatic heterocycles. The van der Waals surface area contributed by atoms with Gasteiger partial charge in [0.2, 0.25) is 5.91 Å². The molecule has 1 aliphatic rings. The summed E-state index contributed by atoms with van der Waals surface area (Å²) < 4.78 is 0. The monoisotopic (exact) mass is 305 g/mol. The lowest BCUT2D eigenvalue weighted by Gasteiger charge is -2.28. The zero-order valence-corrected chi connectivity index (χ0v) is 13.3. The summed E-state index contributed by atoms with van der Waals surface area (Å²) in [7, 11) is 0. The Balaban J connectivity index is 1.89. The van der Waals surface area contributed by atoms with E-state index in [9.17, 15) is 9.90 Å². The summed E-state index contributed by atoms with van der Waals surface area (Å²) in [6, 6.07) is 3.89. The largest absolute Gasteiger partial charge is 0.395 e. The van der Waals surface area contributed by atoms with Crippen LogP contribution in [0.25, 0.3) is 0 Å². The van der Waals surface area contributed by atoms with Gasteiger partial charge in [0.1, 0.15) is 0 Å². The molecule has 122 valence electrons. The minimum Gasteiger partial charge on any atom is -0.395 e. The Morgan fingerprint density at radius 1 is 1.23 bits per heavy atom. The molecule has 0 aliphatic carbocycles. The highest BCUT2D eigenvalue weighted by Gasteiger charge is 2.18. The molecular formula is C17H27N3O2. The molecule has 2 rings (SSSR count). The highest BCUT2D eigenvalue weighted by Crippen LogP contribution is 2.11. The van der Waals surface area contributed by atoms with E-state index in [1.165, 1.54) is 19.3 Å². The second-order valence-electron chi connectivity index (χ2n) is 5.94. The second kappa shape index (κ2) is 9.54. The highest BCUT2D eigenvalue weighted by molar-refractivity contribution is 5.78. The topological polar surface area (TPSA) is 56.7 Å². The number of hydrogen-bond donors (Lipinski definition) is 1. The summed E-state index contributed by atoms with van der Waals surface area (Å²) in [5.74, 6) is 0.180. The summed E-state index contributed by atoms with van der Waals surface area (Å²) in [5.41, 5.74) is 1.07. The molecule has 1 aromatic heterocycles. The molecule has 0 aromatic carbocycles. The van der Waals surface area contributed by atoms with E-state index in [0.29, 0.717) is 19.6 Å². The van der Waals surface area contributed by atoms with E-state index in [1.54, 1.807) is 6.20 Å². The van der Waals surface area contributed by atoms with E-state index in [1.807, 2.05) is 28.1 Å². The van der Waals surface area contributed by atoms with Gasteiger partial charge in [-0.15, -0.1) is 0 Å². The fourth-order valence-electron chi connectivity index (χ4n) is 2.89. The van der Waals surface area contributed by atoms with Crippen LogP contribution in [0.4, 0.5) is 0 Å². The first kappa shape index (κ1) is 16.9. The zero-order valence-electron chi connectivity index (χ0n) is 13.3. The summed E-state index contributed by atoms with van der Waals surface area (Å²) in [4.78, 5) is 20.6. The molecule has 22 heavy (non-hydrogen) atoms. The van der Waals surface area contributed by atoms with E-state index >= 15 is 0 Å². The van der Waals surface area contributed by atoms with Gasteiger partial charge in [0, 0.05) is 38.6 Å². The molecule has 1 saturated heterocycles. The van der Waals surface area contributed by atoms with E-state index < -0.39 is 0 Å². The number of likely N-dealkylation sites (tertiary alicyclic amines) is 1. The maximum absolute atomic E-state index is 12.5. The molecular weight excluding hydrogens is 278 g/mol. The summed E-state index contributed by atoms with van der Waals surface area (Å²) in [6.45, 7) is 3.34. The molecule has 0 spiro atoms. The minimum atomic E-state index is 0.0630. The number of carbonyl (C=O) groups excluding carboxylic acids is 1. The molecule has 0 bridgehead atoms. The average molecular weight is 305 g/mol. The van der Waals surface area contributed by atoms with Crippen LogP contribution in [0.1, 0.15) is 37.7 Å². The molecule has 1 amide bonds. The van der Waals surface area contributed by atoms with E-state index in [0.717, 1.165) is 31.5 Å². The number of rotatable bonds is 6. The number of carbonyl (C=O) groups is 1. The lowest BCUT2D eigenvalue weighted by Crippen LogP contribution is -2.42. The van der Waals surface area contributed by atoms with Crippen molar-refractivity contribution in [3.63, 3.8) is 0 Å². The van der Waals surface area contributed by atoms with Crippen LogP contribution in [0, 0.1) is 0 Å². The average Bonchev–Trinajstić information content (AvgIpc) is 2.48. The first-order valence-electron chi connectivity index (χ1n) is 8.29. The Morgan fingerprint density at radius 3 is 2.59 bits per heavy atom. The van der Waals surface area contributed by atoms with Crippen LogP contribution < -0.4 is 0 Å². The molecule has 5 nitrogen and oxygen atoms in total. The van der Waals surface area contributed by atoms with Gasteiger partial charge in [-0.3, -0.25) is 14.7 Å². The normalized spacial score (nSPS) is 16.4. The maximum Gasteiger partial charge on any atom is 0.236 e. The van der Waals surface area contributed by atoms with Crippen LogP contribution in [-0.4, -0.2) is 58.6 Å². The summed E-state index contributed by atoms with van der Waals surface area (Å²) >= 11 is 0. The number of aliphatic hydroxyl groups excluding tert-OH is 1. The Bertz CT molecular complexity index is 431. The molecule has 1 N–H and O–H groups in total. The first-order valence-corrected chi connectivity index (χ1v) is 8.29. The standard InChI is InChI=1S/C17H27N3O2/c21-12-11-19(14-16-7-6-8-18-13-16)15-17(22)20-9-4-2-1-3-5-10-20/h6-8,13,21H,1-5,9-12,14-15H2. The van der Waals surface area contributed by atoms with Crippen LogP contribution in [0.15, 0.2) is 24.5 Å². The van der Waals surface area contributed by atoms with Gasteiger partial charge in [-0.1, -0.05) is 25.3 Å². The highest BCUT2D eigenvalue weighted by atomic mass is 16.3. The van der Waals surface area contributed by atoms with Gasteiger partial charge in [-0.05, 0) is 24.5 Å². The number of aromatic nitrogens is 1. The number of hydrogen-bond acceptors (Lipinski definition) is 4. The van der Waals surface area contributed by atoms with Crippen molar-refractivity contribution in [3.05, 3.63) is 30.1 Å². The zero-order chi connectivity index (χ0) is 15.6. The lowest BCUT2D eigenvalue weighted by atomic mass is 10.1. The summed E-state index contributed by atoms with van der Waals surface area (Å²) in [6.07, 6.45) is 9.50. The number of aliphatic hydroxyl groups is 1. The third kappa shape index (κ3) is 5.73. The number of nitrogens with zero attached hydrogens (tertiary/aromatic N) is 3. The molecule has 0 atom stereocenters.